The van der Waals surface area contributed by atoms with Gasteiger partial charge in [-0.25, -0.2) is 4.79 Å². The van der Waals surface area contributed by atoms with Crippen molar-refractivity contribution in [3.05, 3.63) is 23.8 Å². The number of carbonyl (C=O) groups is 1. The summed E-state index contributed by atoms with van der Waals surface area (Å²) < 4.78 is 5.58. The maximum Gasteiger partial charge on any atom is 0.412 e. The molecule has 5 nitrogen and oxygen atoms in total. The predicted octanol–water partition coefficient (Wildman–Crippen LogP) is 3.48. The van der Waals surface area contributed by atoms with Gasteiger partial charge < -0.3 is 15.0 Å². The van der Waals surface area contributed by atoms with Gasteiger partial charge in [-0.2, -0.15) is 0 Å². The Kier molecular flexibility index (Phi) is 4.14. The lowest BCUT2D eigenvalue weighted by Gasteiger charge is -2.32. The second kappa shape index (κ2) is 6.20. The number of fused-ring (bicyclic) bond motifs is 3. The van der Waals surface area contributed by atoms with Crippen LogP contribution in [0.25, 0.3) is 0 Å². The lowest BCUT2D eigenvalue weighted by molar-refractivity contribution is 0.192. The predicted molar refractivity (Wildman–Crippen MR) is 99.3 cm³/mol. The van der Waals surface area contributed by atoms with Gasteiger partial charge in [0.1, 0.15) is 5.75 Å². The maximum absolute atomic E-state index is 12.2. The van der Waals surface area contributed by atoms with E-state index in [1.807, 2.05) is 12.1 Å². The van der Waals surface area contributed by atoms with Crippen LogP contribution in [0, 0.1) is 0 Å². The number of ether oxygens (including phenoxy) is 1. The van der Waals surface area contributed by atoms with E-state index in [0.29, 0.717) is 11.9 Å². The third kappa shape index (κ3) is 2.78. The van der Waals surface area contributed by atoms with Crippen molar-refractivity contribution in [3.8, 4) is 5.75 Å². The number of hydrogen-bond donors (Lipinski definition) is 1. The number of nitrogens with zero attached hydrogens (tertiary/aromatic N) is 2. The minimum atomic E-state index is -0.323. The van der Waals surface area contributed by atoms with Crippen LogP contribution in [0.5, 0.6) is 5.75 Å². The lowest BCUT2D eigenvalue weighted by atomic mass is 9.81. The number of hydrogen-bond acceptors (Lipinski definition) is 4. The van der Waals surface area contributed by atoms with E-state index in [2.05, 4.69) is 42.2 Å². The van der Waals surface area contributed by atoms with Gasteiger partial charge in [-0.1, -0.05) is 32.3 Å². The first-order valence-corrected chi connectivity index (χ1v) is 9.55. The second-order valence-electron chi connectivity index (χ2n) is 8.18. The molecule has 1 aromatic rings. The fraction of sp³-hybridized carbons (Fsp3) is 0.650. The van der Waals surface area contributed by atoms with E-state index < -0.39 is 0 Å². The number of nitrogens with one attached hydrogen (secondary N) is 1. The van der Waals surface area contributed by atoms with Crippen LogP contribution in [-0.4, -0.2) is 43.8 Å². The van der Waals surface area contributed by atoms with Crippen LogP contribution in [0.15, 0.2) is 18.2 Å². The summed E-state index contributed by atoms with van der Waals surface area (Å²) in [7, 11) is 4.33. The molecule has 1 N–H and O–H groups in total. The third-order valence-corrected chi connectivity index (χ3v) is 6.44. The molecular weight excluding hydrogens is 314 g/mol. The molecule has 2 atom stereocenters. The van der Waals surface area contributed by atoms with Gasteiger partial charge in [-0.3, -0.25) is 4.90 Å². The van der Waals surface area contributed by atoms with Crippen molar-refractivity contribution in [1.82, 2.24) is 10.2 Å². The normalized spacial score (nSPS) is 29.4. The largest absolute Gasteiger partial charge is 0.412 e. The number of likely N-dealkylation sites (N-methyl/N-ethyl adjacent to an activating group) is 2. The smallest absolute Gasteiger partial charge is 0.410 e. The van der Waals surface area contributed by atoms with Crippen molar-refractivity contribution in [1.29, 1.82) is 0 Å². The molecule has 25 heavy (non-hydrogen) atoms. The van der Waals surface area contributed by atoms with Gasteiger partial charge in [-0.05, 0) is 37.9 Å². The molecule has 0 spiro atoms. The average molecular weight is 343 g/mol. The Morgan fingerprint density at radius 3 is 2.76 bits per heavy atom. The Labute approximate surface area is 150 Å². The van der Waals surface area contributed by atoms with E-state index >= 15 is 0 Å². The molecule has 5 heteroatoms. The van der Waals surface area contributed by atoms with Crippen molar-refractivity contribution in [2.75, 3.05) is 25.5 Å². The van der Waals surface area contributed by atoms with Gasteiger partial charge >= 0.3 is 6.09 Å². The van der Waals surface area contributed by atoms with Gasteiger partial charge in [0.2, 0.25) is 0 Å². The molecule has 2 unspecified atom stereocenters. The molecule has 2 heterocycles. The number of rotatable bonds is 2. The summed E-state index contributed by atoms with van der Waals surface area (Å²) in [5, 5.41) is 3.02. The molecule has 136 valence electrons. The van der Waals surface area contributed by atoms with Crippen molar-refractivity contribution in [2.45, 2.75) is 63.1 Å². The van der Waals surface area contributed by atoms with Crippen LogP contribution in [0.3, 0.4) is 0 Å². The SMILES string of the molecule is CN1CCC2(C)c3ccc(OC(=O)NC4CCCCC4)cc3N(C)C12. The maximum atomic E-state index is 12.2. The molecule has 2 fully saturated rings. The highest BCUT2D eigenvalue weighted by molar-refractivity contribution is 5.73. The fourth-order valence-electron chi connectivity index (χ4n) is 5.17. The summed E-state index contributed by atoms with van der Waals surface area (Å²) in [5.74, 6) is 0.630. The van der Waals surface area contributed by atoms with E-state index in [4.69, 9.17) is 4.74 Å². The first-order chi connectivity index (χ1) is 12.0. The van der Waals surface area contributed by atoms with Gasteiger partial charge in [0, 0.05) is 36.8 Å². The first kappa shape index (κ1) is 16.7. The Balaban J connectivity index is 1.49. The van der Waals surface area contributed by atoms with Crippen LogP contribution in [0.2, 0.25) is 0 Å². The number of benzene rings is 1. The summed E-state index contributed by atoms with van der Waals surface area (Å²) in [6.07, 6.45) is 7.02. The molecule has 1 aromatic carbocycles. The standard InChI is InChI=1S/C20H29N3O2/c1-20-11-12-22(2)18(20)23(3)17-13-15(9-10-16(17)20)25-19(24)21-14-7-5-4-6-8-14/h9-10,13-14,18H,4-8,11-12H2,1-3H3,(H,21,24). The van der Waals surface area contributed by atoms with Crippen molar-refractivity contribution >= 4 is 11.8 Å². The highest BCUT2D eigenvalue weighted by Gasteiger charge is 2.52. The Morgan fingerprint density at radius 1 is 1.24 bits per heavy atom. The third-order valence-electron chi connectivity index (χ3n) is 6.44. The Morgan fingerprint density at radius 2 is 2.00 bits per heavy atom. The monoisotopic (exact) mass is 343 g/mol. The Hall–Kier alpha value is -1.75. The molecule has 0 bridgehead atoms. The molecule has 4 rings (SSSR count). The quantitative estimate of drug-likeness (QED) is 0.893. The highest BCUT2D eigenvalue weighted by atomic mass is 16.6. The molecule has 1 saturated carbocycles. The number of amides is 1. The van der Waals surface area contributed by atoms with Gasteiger partial charge in [0.15, 0.2) is 0 Å². The van der Waals surface area contributed by atoms with Crippen molar-refractivity contribution < 1.29 is 9.53 Å². The minimum absolute atomic E-state index is 0.154. The zero-order valence-electron chi connectivity index (χ0n) is 15.5. The Bertz CT molecular complexity index is 671. The van der Waals surface area contributed by atoms with Crippen LogP contribution in [0.1, 0.15) is 51.0 Å². The fourth-order valence-corrected chi connectivity index (χ4v) is 5.17. The average Bonchev–Trinajstić information content (AvgIpc) is 3.01. The molecule has 3 aliphatic rings. The van der Waals surface area contributed by atoms with Crippen LogP contribution < -0.4 is 15.0 Å². The highest BCUT2D eigenvalue weighted by Crippen LogP contribution is 2.51. The van der Waals surface area contributed by atoms with Crippen LogP contribution in [-0.2, 0) is 5.41 Å². The van der Waals surface area contributed by atoms with Gasteiger partial charge in [-0.15, -0.1) is 0 Å². The van der Waals surface area contributed by atoms with E-state index in [-0.39, 0.29) is 17.6 Å². The molecule has 2 aliphatic heterocycles. The van der Waals surface area contributed by atoms with E-state index in [0.717, 1.165) is 25.8 Å². The first-order valence-electron chi connectivity index (χ1n) is 9.55. The summed E-state index contributed by atoms with van der Waals surface area (Å²) in [5.41, 5.74) is 2.70. The topological polar surface area (TPSA) is 44.8 Å². The summed E-state index contributed by atoms with van der Waals surface area (Å²) in [6, 6.07) is 6.38. The molecule has 1 saturated heterocycles. The van der Waals surface area contributed by atoms with Crippen LogP contribution >= 0.6 is 0 Å². The van der Waals surface area contributed by atoms with Gasteiger partial charge in [0.05, 0.1) is 6.17 Å². The zero-order chi connectivity index (χ0) is 17.6. The van der Waals surface area contributed by atoms with E-state index in [9.17, 15) is 4.79 Å². The van der Waals surface area contributed by atoms with Crippen LogP contribution in [0.4, 0.5) is 10.5 Å². The van der Waals surface area contributed by atoms with E-state index in [1.165, 1.54) is 30.5 Å². The summed E-state index contributed by atoms with van der Waals surface area (Å²) in [4.78, 5) is 17.0. The summed E-state index contributed by atoms with van der Waals surface area (Å²) in [6.45, 7) is 3.47. The number of likely N-dealkylation sites (tertiary alicyclic amines) is 1. The van der Waals surface area contributed by atoms with Gasteiger partial charge in [0.25, 0.3) is 0 Å². The molecule has 1 aliphatic carbocycles. The number of anilines is 1. The number of carbonyl (C=O) groups excluding carboxylic acids is 1. The summed E-state index contributed by atoms with van der Waals surface area (Å²) >= 11 is 0. The zero-order valence-corrected chi connectivity index (χ0v) is 15.5. The van der Waals surface area contributed by atoms with Crippen molar-refractivity contribution in [3.63, 3.8) is 0 Å². The molecular formula is C20H29N3O2. The molecule has 0 aromatic heterocycles. The van der Waals surface area contributed by atoms with Crippen molar-refractivity contribution in [2.24, 2.45) is 0 Å². The lowest BCUT2D eigenvalue weighted by Crippen LogP contribution is -2.45. The second-order valence-corrected chi connectivity index (χ2v) is 8.18. The van der Waals surface area contributed by atoms with E-state index in [1.54, 1.807) is 0 Å². The molecule has 0 radical (unpaired) electrons. The minimum Gasteiger partial charge on any atom is -0.410 e. The molecule has 1 amide bonds.